The number of nitrogens with zero attached hydrogens (tertiary/aromatic N) is 5. The van der Waals surface area contributed by atoms with Crippen molar-refractivity contribution in [2.45, 2.75) is 26.3 Å². The van der Waals surface area contributed by atoms with Gasteiger partial charge in [0.2, 0.25) is 0 Å². The molecule has 2 rings (SSSR count). The smallest absolute Gasteiger partial charge is 0.131 e. The average Bonchev–Trinajstić information content (AvgIpc) is 2.95. The number of hydrogen-bond acceptors (Lipinski definition) is 6. The van der Waals surface area contributed by atoms with Crippen LogP contribution < -0.4 is 10.6 Å². The molecule has 0 saturated heterocycles. The first kappa shape index (κ1) is 13.3. The molecule has 102 valence electrons. The van der Waals surface area contributed by atoms with E-state index in [1.54, 1.807) is 12.5 Å². The van der Waals surface area contributed by atoms with Gasteiger partial charge in [0, 0.05) is 31.9 Å². The van der Waals surface area contributed by atoms with Gasteiger partial charge in [-0.15, -0.1) is 5.10 Å². The van der Waals surface area contributed by atoms with Crippen LogP contribution in [-0.2, 0) is 6.54 Å². The lowest BCUT2D eigenvalue weighted by molar-refractivity contribution is 0.569. The molecule has 2 N–H and O–H groups in total. The molecule has 2 heterocycles. The molecule has 0 unspecified atom stereocenters. The van der Waals surface area contributed by atoms with E-state index < -0.39 is 0 Å². The van der Waals surface area contributed by atoms with E-state index in [0.29, 0.717) is 0 Å². The lowest BCUT2D eigenvalue weighted by Crippen LogP contribution is -2.09. The molecule has 0 aromatic carbocycles. The van der Waals surface area contributed by atoms with Gasteiger partial charge in [-0.2, -0.15) is 0 Å². The molecule has 0 bridgehead atoms. The summed E-state index contributed by atoms with van der Waals surface area (Å²) in [5.74, 6) is 1.70. The minimum Gasteiger partial charge on any atom is -0.370 e. The second kappa shape index (κ2) is 7.30. The third-order valence-electron chi connectivity index (χ3n) is 2.57. The van der Waals surface area contributed by atoms with Crippen LogP contribution in [0.3, 0.4) is 0 Å². The first-order valence-electron chi connectivity index (χ1n) is 6.52. The number of anilines is 2. The SMILES string of the molecule is CCCNc1cc(NCCCn2ccnn2)ncn1. The van der Waals surface area contributed by atoms with E-state index in [1.165, 1.54) is 0 Å². The van der Waals surface area contributed by atoms with E-state index >= 15 is 0 Å². The van der Waals surface area contributed by atoms with Crippen molar-refractivity contribution in [2.24, 2.45) is 0 Å². The van der Waals surface area contributed by atoms with Crippen LogP contribution in [0.4, 0.5) is 11.6 Å². The van der Waals surface area contributed by atoms with Crippen LogP contribution in [0.15, 0.2) is 24.8 Å². The van der Waals surface area contributed by atoms with Crippen molar-refractivity contribution < 1.29 is 0 Å². The fraction of sp³-hybridized carbons (Fsp3) is 0.500. The van der Waals surface area contributed by atoms with Crippen molar-refractivity contribution in [1.82, 2.24) is 25.0 Å². The summed E-state index contributed by atoms with van der Waals surface area (Å²) in [5.41, 5.74) is 0. The Morgan fingerprint density at radius 1 is 1.16 bits per heavy atom. The molecule has 7 heteroatoms. The van der Waals surface area contributed by atoms with Crippen LogP contribution in [0, 0.1) is 0 Å². The fourth-order valence-corrected chi connectivity index (χ4v) is 1.61. The molecule has 2 aromatic rings. The van der Waals surface area contributed by atoms with Gasteiger partial charge >= 0.3 is 0 Å². The normalized spacial score (nSPS) is 10.4. The van der Waals surface area contributed by atoms with Crippen LogP contribution in [0.1, 0.15) is 19.8 Å². The summed E-state index contributed by atoms with van der Waals surface area (Å²) in [6.07, 6.45) is 7.15. The van der Waals surface area contributed by atoms with E-state index in [4.69, 9.17) is 0 Å². The van der Waals surface area contributed by atoms with Crippen molar-refractivity contribution >= 4 is 11.6 Å². The first-order valence-corrected chi connectivity index (χ1v) is 6.52. The zero-order valence-corrected chi connectivity index (χ0v) is 11.1. The molecule has 7 nitrogen and oxygen atoms in total. The minimum absolute atomic E-state index is 0.837. The zero-order chi connectivity index (χ0) is 13.3. The van der Waals surface area contributed by atoms with E-state index in [2.05, 4.69) is 37.8 Å². The van der Waals surface area contributed by atoms with E-state index in [9.17, 15) is 0 Å². The van der Waals surface area contributed by atoms with Crippen molar-refractivity contribution in [3.63, 3.8) is 0 Å². The molecule has 0 atom stereocenters. The molecule has 19 heavy (non-hydrogen) atoms. The minimum atomic E-state index is 0.837. The largest absolute Gasteiger partial charge is 0.370 e. The molecule has 0 spiro atoms. The van der Waals surface area contributed by atoms with Gasteiger partial charge in [0.1, 0.15) is 18.0 Å². The number of aromatic nitrogens is 5. The van der Waals surface area contributed by atoms with Gasteiger partial charge < -0.3 is 10.6 Å². The van der Waals surface area contributed by atoms with Crippen LogP contribution in [-0.4, -0.2) is 38.1 Å². The topological polar surface area (TPSA) is 80.5 Å². The molecule has 0 fully saturated rings. The Morgan fingerprint density at radius 3 is 2.63 bits per heavy atom. The predicted molar refractivity (Wildman–Crippen MR) is 73.9 cm³/mol. The van der Waals surface area contributed by atoms with Crippen LogP contribution >= 0.6 is 0 Å². The van der Waals surface area contributed by atoms with Crippen molar-refractivity contribution in [2.75, 3.05) is 23.7 Å². The Balaban J connectivity index is 1.73. The molecule has 0 aliphatic heterocycles. The Labute approximate surface area is 112 Å². The highest BCUT2D eigenvalue weighted by Gasteiger charge is 1.98. The van der Waals surface area contributed by atoms with Crippen molar-refractivity contribution in [3.8, 4) is 0 Å². The molecule has 0 aliphatic carbocycles. The molecule has 2 aromatic heterocycles. The number of rotatable bonds is 8. The molecule has 0 amide bonds. The highest BCUT2D eigenvalue weighted by atomic mass is 15.4. The van der Waals surface area contributed by atoms with Crippen LogP contribution in [0.2, 0.25) is 0 Å². The number of aryl methyl sites for hydroxylation is 1. The lowest BCUT2D eigenvalue weighted by Gasteiger charge is -2.07. The summed E-state index contributed by atoms with van der Waals surface area (Å²) in [4.78, 5) is 8.35. The summed E-state index contributed by atoms with van der Waals surface area (Å²) in [5, 5.41) is 14.2. The second-order valence-corrected chi connectivity index (χ2v) is 4.16. The molecular formula is C12H19N7. The number of nitrogens with one attached hydrogen (secondary N) is 2. The summed E-state index contributed by atoms with van der Waals surface area (Å²) < 4.78 is 1.82. The fourth-order valence-electron chi connectivity index (χ4n) is 1.61. The van der Waals surface area contributed by atoms with Gasteiger partial charge in [0.25, 0.3) is 0 Å². The Hall–Kier alpha value is -2.18. The third kappa shape index (κ3) is 4.53. The lowest BCUT2D eigenvalue weighted by atomic mass is 10.4. The van der Waals surface area contributed by atoms with Gasteiger partial charge in [0.05, 0.1) is 6.20 Å². The van der Waals surface area contributed by atoms with E-state index in [0.717, 1.165) is 44.1 Å². The van der Waals surface area contributed by atoms with E-state index in [1.807, 2.05) is 16.9 Å². The Kier molecular flexibility index (Phi) is 5.09. The zero-order valence-electron chi connectivity index (χ0n) is 11.1. The van der Waals surface area contributed by atoms with Crippen LogP contribution in [0.25, 0.3) is 0 Å². The molecule has 0 radical (unpaired) electrons. The highest BCUT2D eigenvalue weighted by Crippen LogP contribution is 2.08. The standard InChI is InChI=1S/C12H19N7/c1-2-4-13-11-9-12(16-10-15-11)14-5-3-7-19-8-6-17-18-19/h6,8-10H,2-5,7H2,1H3,(H2,13,14,15,16). The highest BCUT2D eigenvalue weighted by molar-refractivity contribution is 5.46. The predicted octanol–water partition coefficient (Wildman–Crippen LogP) is 1.39. The maximum absolute atomic E-state index is 4.19. The second-order valence-electron chi connectivity index (χ2n) is 4.16. The summed E-state index contributed by atoms with van der Waals surface area (Å²) in [7, 11) is 0. The molecular weight excluding hydrogens is 242 g/mol. The van der Waals surface area contributed by atoms with Crippen molar-refractivity contribution in [1.29, 1.82) is 0 Å². The van der Waals surface area contributed by atoms with Gasteiger partial charge in [-0.1, -0.05) is 12.1 Å². The van der Waals surface area contributed by atoms with E-state index in [-0.39, 0.29) is 0 Å². The summed E-state index contributed by atoms with van der Waals surface area (Å²) >= 11 is 0. The summed E-state index contributed by atoms with van der Waals surface area (Å²) in [6, 6.07) is 1.92. The van der Waals surface area contributed by atoms with Gasteiger partial charge in [-0.3, -0.25) is 4.68 Å². The van der Waals surface area contributed by atoms with Crippen molar-refractivity contribution in [3.05, 3.63) is 24.8 Å². The average molecular weight is 261 g/mol. The molecule has 0 saturated carbocycles. The quantitative estimate of drug-likeness (QED) is 0.699. The Bertz CT molecular complexity index is 469. The Morgan fingerprint density at radius 2 is 1.95 bits per heavy atom. The van der Waals surface area contributed by atoms with Gasteiger partial charge in [-0.25, -0.2) is 9.97 Å². The number of hydrogen-bond donors (Lipinski definition) is 2. The first-order chi connectivity index (χ1) is 9.38. The van der Waals surface area contributed by atoms with Gasteiger partial charge in [-0.05, 0) is 12.8 Å². The maximum Gasteiger partial charge on any atom is 0.131 e. The summed E-state index contributed by atoms with van der Waals surface area (Å²) in [6.45, 7) is 4.73. The van der Waals surface area contributed by atoms with Gasteiger partial charge in [0.15, 0.2) is 0 Å². The third-order valence-corrected chi connectivity index (χ3v) is 2.57. The molecule has 0 aliphatic rings. The monoisotopic (exact) mass is 261 g/mol. The maximum atomic E-state index is 4.19. The van der Waals surface area contributed by atoms with Crippen LogP contribution in [0.5, 0.6) is 0 Å².